The number of nitrogens with two attached hydrogens (primary N) is 1. The Balaban J connectivity index is 2.15. The van der Waals surface area contributed by atoms with Crippen LogP contribution in [0.1, 0.15) is 24.1 Å². The Morgan fingerprint density at radius 3 is 2.69 bits per heavy atom. The van der Waals surface area contributed by atoms with Gasteiger partial charge in [0.1, 0.15) is 0 Å². The molecule has 3 nitrogen and oxygen atoms in total. The fourth-order valence-electron chi connectivity index (χ4n) is 2.29. The summed E-state index contributed by atoms with van der Waals surface area (Å²) in [7, 11) is 0. The molecule has 1 fully saturated rings. The summed E-state index contributed by atoms with van der Waals surface area (Å²) >= 11 is 0. The molecular weight excluding hydrogens is 200 g/mol. The second kappa shape index (κ2) is 5.43. The molecule has 2 rings (SSSR count). The van der Waals surface area contributed by atoms with E-state index in [0.717, 1.165) is 26.3 Å². The summed E-state index contributed by atoms with van der Waals surface area (Å²) in [5.74, 6) is 0. The second-order valence-corrected chi connectivity index (χ2v) is 4.23. The van der Waals surface area contributed by atoms with Crippen molar-refractivity contribution in [3.8, 4) is 0 Å². The highest BCUT2D eigenvalue weighted by atomic mass is 16.5. The zero-order valence-electron chi connectivity index (χ0n) is 9.86. The minimum atomic E-state index is 0.434. The van der Waals surface area contributed by atoms with E-state index in [2.05, 4.69) is 36.1 Å². The molecule has 1 heterocycles. The van der Waals surface area contributed by atoms with Crippen molar-refractivity contribution in [3.05, 3.63) is 35.4 Å². The Kier molecular flexibility index (Phi) is 3.93. The Morgan fingerprint density at radius 2 is 2.00 bits per heavy atom. The lowest BCUT2D eigenvalue weighted by molar-refractivity contribution is 0.0197. The Bertz CT molecular complexity index is 334. The van der Waals surface area contributed by atoms with Crippen LogP contribution in [0.25, 0.3) is 0 Å². The summed E-state index contributed by atoms with van der Waals surface area (Å²) in [6, 6.07) is 8.88. The smallest absolute Gasteiger partial charge is 0.0594 e. The zero-order valence-corrected chi connectivity index (χ0v) is 9.86. The summed E-state index contributed by atoms with van der Waals surface area (Å²) < 4.78 is 5.38. The average Bonchev–Trinajstić information content (AvgIpc) is 2.39. The lowest BCUT2D eigenvalue weighted by Crippen LogP contribution is -2.38. The first-order valence-electron chi connectivity index (χ1n) is 5.92. The number of hydrogen-bond acceptors (Lipinski definition) is 3. The van der Waals surface area contributed by atoms with Gasteiger partial charge in [0.2, 0.25) is 0 Å². The van der Waals surface area contributed by atoms with Crippen molar-refractivity contribution in [1.82, 2.24) is 4.90 Å². The van der Waals surface area contributed by atoms with Crippen LogP contribution in [0.3, 0.4) is 0 Å². The van der Waals surface area contributed by atoms with Crippen LogP contribution < -0.4 is 5.73 Å². The van der Waals surface area contributed by atoms with Crippen LogP contribution in [0, 0.1) is 0 Å². The highest BCUT2D eigenvalue weighted by molar-refractivity contribution is 5.29. The lowest BCUT2D eigenvalue weighted by atomic mass is 10.00. The fourth-order valence-corrected chi connectivity index (χ4v) is 2.29. The molecule has 1 aliphatic rings. The molecule has 1 aliphatic heterocycles. The molecule has 0 spiro atoms. The van der Waals surface area contributed by atoms with Gasteiger partial charge in [0, 0.05) is 25.7 Å². The van der Waals surface area contributed by atoms with Gasteiger partial charge in [0.05, 0.1) is 13.2 Å². The predicted molar refractivity (Wildman–Crippen MR) is 65.1 cm³/mol. The van der Waals surface area contributed by atoms with Crippen molar-refractivity contribution in [2.45, 2.75) is 19.5 Å². The minimum Gasteiger partial charge on any atom is -0.379 e. The summed E-state index contributed by atoms with van der Waals surface area (Å²) in [6.45, 7) is 6.58. The Hall–Kier alpha value is -0.900. The van der Waals surface area contributed by atoms with E-state index in [1.54, 1.807) is 0 Å². The number of nitrogens with zero attached hydrogens (tertiary/aromatic N) is 1. The minimum absolute atomic E-state index is 0.434. The largest absolute Gasteiger partial charge is 0.379 e. The first-order chi connectivity index (χ1) is 7.83. The number of ether oxygens (including phenoxy) is 1. The summed E-state index contributed by atoms with van der Waals surface area (Å²) in [6.07, 6.45) is 0. The molecule has 1 saturated heterocycles. The molecule has 88 valence electrons. The molecule has 0 aliphatic carbocycles. The number of hydrogen-bond donors (Lipinski definition) is 1. The third-order valence-electron chi connectivity index (χ3n) is 3.32. The zero-order chi connectivity index (χ0) is 11.4. The highest BCUT2D eigenvalue weighted by Gasteiger charge is 2.19. The second-order valence-electron chi connectivity index (χ2n) is 4.23. The van der Waals surface area contributed by atoms with Gasteiger partial charge in [-0.05, 0) is 18.1 Å². The van der Waals surface area contributed by atoms with E-state index in [-0.39, 0.29) is 0 Å². The maximum Gasteiger partial charge on any atom is 0.0594 e. The SMILES string of the molecule is CC(c1ccccc1CN)N1CCOCC1. The normalized spacial score (nSPS) is 19.6. The van der Waals surface area contributed by atoms with Gasteiger partial charge in [-0.2, -0.15) is 0 Å². The maximum absolute atomic E-state index is 5.77. The third kappa shape index (κ3) is 2.43. The van der Waals surface area contributed by atoms with Crippen LogP contribution >= 0.6 is 0 Å². The summed E-state index contributed by atoms with van der Waals surface area (Å²) in [5.41, 5.74) is 8.38. The fraction of sp³-hybridized carbons (Fsp3) is 0.538. The Labute approximate surface area is 97.2 Å². The van der Waals surface area contributed by atoms with E-state index in [0.29, 0.717) is 12.6 Å². The van der Waals surface area contributed by atoms with Gasteiger partial charge in [0.15, 0.2) is 0 Å². The van der Waals surface area contributed by atoms with Crippen LogP contribution in [-0.4, -0.2) is 31.2 Å². The molecule has 1 aromatic carbocycles. The van der Waals surface area contributed by atoms with Crippen molar-refractivity contribution in [1.29, 1.82) is 0 Å². The molecule has 1 atom stereocenters. The van der Waals surface area contributed by atoms with Gasteiger partial charge >= 0.3 is 0 Å². The van der Waals surface area contributed by atoms with Crippen molar-refractivity contribution < 1.29 is 4.74 Å². The average molecular weight is 220 g/mol. The van der Waals surface area contributed by atoms with E-state index >= 15 is 0 Å². The molecule has 0 saturated carbocycles. The third-order valence-corrected chi connectivity index (χ3v) is 3.32. The van der Waals surface area contributed by atoms with Crippen LogP contribution in [0.15, 0.2) is 24.3 Å². The van der Waals surface area contributed by atoms with Crippen LogP contribution in [0.5, 0.6) is 0 Å². The topological polar surface area (TPSA) is 38.5 Å². The van der Waals surface area contributed by atoms with E-state index in [4.69, 9.17) is 10.5 Å². The van der Waals surface area contributed by atoms with Crippen LogP contribution in [0.2, 0.25) is 0 Å². The van der Waals surface area contributed by atoms with Crippen molar-refractivity contribution >= 4 is 0 Å². The molecule has 16 heavy (non-hydrogen) atoms. The Morgan fingerprint density at radius 1 is 1.31 bits per heavy atom. The van der Waals surface area contributed by atoms with E-state index in [9.17, 15) is 0 Å². The first kappa shape index (κ1) is 11.6. The van der Waals surface area contributed by atoms with Crippen molar-refractivity contribution in [2.24, 2.45) is 5.73 Å². The van der Waals surface area contributed by atoms with Gasteiger partial charge in [-0.3, -0.25) is 4.90 Å². The summed E-state index contributed by atoms with van der Waals surface area (Å²) in [4.78, 5) is 2.46. The molecular formula is C13H20N2O. The van der Waals surface area contributed by atoms with Gasteiger partial charge in [0.25, 0.3) is 0 Å². The number of rotatable bonds is 3. The maximum atomic E-state index is 5.77. The van der Waals surface area contributed by atoms with Crippen LogP contribution in [0.4, 0.5) is 0 Å². The monoisotopic (exact) mass is 220 g/mol. The van der Waals surface area contributed by atoms with Crippen molar-refractivity contribution in [3.63, 3.8) is 0 Å². The van der Waals surface area contributed by atoms with E-state index < -0.39 is 0 Å². The van der Waals surface area contributed by atoms with E-state index in [1.165, 1.54) is 11.1 Å². The molecule has 0 radical (unpaired) electrons. The van der Waals surface area contributed by atoms with Crippen LogP contribution in [-0.2, 0) is 11.3 Å². The molecule has 1 unspecified atom stereocenters. The van der Waals surface area contributed by atoms with Gasteiger partial charge < -0.3 is 10.5 Å². The van der Waals surface area contributed by atoms with Gasteiger partial charge in [-0.25, -0.2) is 0 Å². The molecule has 1 aromatic rings. The van der Waals surface area contributed by atoms with E-state index in [1.807, 2.05) is 0 Å². The predicted octanol–water partition coefficient (Wildman–Crippen LogP) is 1.54. The van der Waals surface area contributed by atoms with Gasteiger partial charge in [-0.15, -0.1) is 0 Å². The van der Waals surface area contributed by atoms with Crippen molar-refractivity contribution in [2.75, 3.05) is 26.3 Å². The van der Waals surface area contributed by atoms with Gasteiger partial charge in [-0.1, -0.05) is 24.3 Å². The molecule has 3 heteroatoms. The quantitative estimate of drug-likeness (QED) is 0.839. The summed E-state index contributed by atoms with van der Waals surface area (Å²) in [5, 5.41) is 0. The standard InChI is InChI=1S/C13H20N2O/c1-11(15-6-8-16-9-7-15)13-5-3-2-4-12(13)10-14/h2-5,11H,6-10,14H2,1H3. The molecule has 0 aromatic heterocycles. The number of benzene rings is 1. The highest BCUT2D eigenvalue weighted by Crippen LogP contribution is 2.24. The first-order valence-corrected chi connectivity index (χ1v) is 5.92. The lowest BCUT2D eigenvalue weighted by Gasteiger charge is -2.33. The molecule has 0 amide bonds. The molecule has 2 N–H and O–H groups in total. The molecule has 0 bridgehead atoms. The number of morpholine rings is 1.